The standard InChI is InChI=1S/C22H15ClN2O6S/c1-30-19-10-15(25(28)29)6-8-17(19)18-9-7-16(31-18)11-20-21(26)24(22(27)32-20)12-13-2-4-14(23)5-3-13/h2-11H,12H2,1H3/b20-11-. The van der Waals surface area contributed by atoms with Gasteiger partial charge in [-0.3, -0.25) is 24.6 Å². The highest BCUT2D eigenvalue weighted by atomic mass is 35.5. The van der Waals surface area contributed by atoms with E-state index in [-0.39, 0.29) is 28.1 Å². The van der Waals surface area contributed by atoms with Crippen molar-refractivity contribution in [2.24, 2.45) is 0 Å². The van der Waals surface area contributed by atoms with Crippen LogP contribution in [-0.2, 0) is 11.3 Å². The Morgan fingerprint density at radius 3 is 2.59 bits per heavy atom. The van der Waals surface area contributed by atoms with Gasteiger partial charge in [0.05, 0.1) is 35.1 Å². The van der Waals surface area contributed by atoms with Gasteiger partial charge in [0, 0.05) is 17.2 Å². The summed E-state index contributed by atoms with van der Waals surface area (Å²) in [6.07, 6.45) is 1.49. The van der Waals surface area contributed by atoms with Crippen LogP contribution in [0.3, 0.4) is 0 Å². The molecule has 1 aromatic heterocycles. The number of nitro groups is 1. The van der Waals surface area contributed by atoms with Crippen LogP contribution in [0.15, 0.2) is 63.9 Å². The number of nitrogens with zero attached hydrogens (tertiary/aromatic N) is 2. The quantitative estimate of drug-likeness (QED) is 0.256. The van der Waals surface area contributed by atoms with Gasteiger partial charge in [-0.25, -0.2) is 0 Å². The van der Waals surface area contributed by atoms with Crippen LogP contribution >= 0.6 is 23.4 Å². The highest BCUT2D eigenvalue weighted by Crippen LogP contribution is 2.37. The van der Waals surface area contributed by atoms with Gasteiger partial charge in [-0.15, -0.1) is 0 Å². The van der Waals surface area contributed by atoms with E-state index in [0.29, 0.717) is 22.1 Å². The molecule has 0 spiro atoms. The molecule has 8 nitrogen and oxygen atoms in total. The number of non-ortho nitro benzene ring substituents is 1. The summed E-state index contributed by atoms with van der Waals surface area (Å²) in [5, 5.41) is 11.2. The zero-order chi connectivity index (χ0) is 22.8. The third-order valence-electron chi connectivity index (χ3n) is 4.69. The third kappa shape index (κ3) is 4.39. The number of hydrogen-bond donors (Lipinski definition) is 0. The van der Waals surface area contributed by atoms with Gasteiger partial charge in [0.25, 0.3) is 16.8 Å². The number of carbonyl (C=O) groups excluding carboxylic acids is 2. The minimum Gasteiger partial charge on any atom is -0.496 e. The molecular weight excluding hydrogens is 456 g/mol. The van der Waals surface area contributed by atoms with Gasteiger partial charge >= 0.3 is 0 Å². The van der Waals surface area contributed by atoms with E-state index in [9.17, 15) is 19.7 Å². The second-order valence-corrected chi connectivity index (χ2v) is 8.17. The number of ether oxygens (including phenoxy) is 1. The molecule has 0 bridgehead atoms. The fraction of sp³-hybridized carbons (Fsp3) is 0.0909. The maximum absolute atomic E-state index is 12.7. The molecule has 2 heterocycles. The highest BCUT2D eigenvalue weighted by molar-refractivity contribution is 8.18. The van der Waals surface area contributed by atoms with E-state index in [1.807, 2.05) is 0 Å². The molecule has 3 aromatic rings. The van der Waals surface area contributed by atoms with Crippen molar-refractivity contribution in [2.45, 2.75) is 6.54 Å². The maximum atomic E-state index is 12.7. The summed E-state index contributed by atoms with van der Waals surface area (Å²) in [4.78, 5) is 36.9. The Morgan fingerprint density at radius 1 is 1.16 bits per heavy atom. The minimum absolute atomic E-state index is 0.105. The molecule has 0 aliphatic carbocycles. The molecule has 0 atom stereocenters. The fourth-order valence-corrected chi connectivity index (χ4v) is 4.05. The van der Waals surface area contributed by atoms with E-state index in [0.717, 1.165) is 22.2 Å². The van der Waals surface area contributed by atoms with Gasteiger partial charge in [0.15, 0.2) is 0 Å². The molecule has 1 aliphatic rings. The number of nitro benzene ring substituents is 1. The molecule has 1 aliphatic heterocycles. The lowest BCUT2D eigenvalue weighted by atomic mass is 10.1. The predicted molar refractivity (Wildman–Crippen MR) is 120 cm³/mol. The van der Waals surface area contributed by atoms with Crippen LogP contribution in [-0.4, -0.2) is 28.1 Å². The Morgan fingerprint density at radius 2 is 1.91 bits per heavy atom. The molecule has 162 valence electrons. The van der Waals surface area contributed by atoms with Crippen molar-refractivity contribution in [1.82, 2.24) is 4.90 Å². The normalized spacial score (nSPS) is 14.9. The lowest BCUT2D eigenvalue weighted by Gasteiger charge is -2.12. The van der Waals surface area contributed by atoms with Crippen molar-refractivity contribution in [1.29, 1.82) is 0 Å². The van der Waals surface area contributed by atoms with Crippen molar-refractivity contribution in [3.63, 3.8) is 0 Å². The van der Waals surface area contributed by atoms with Crippen LogP contribution in [0.2, 0.25) is 5.02 Å². The highest BCUT2D eigenvalue weighted by Gasteiger charge is 2.35. The Bertz CT molecular complexity index is 1250. The molecule has 1 fully saturated rings. The lowest BCUT2D eigenvalue weighted by Crippen LogP contribution is -2.27. The van der Waals surface area contributed by atoms with Crippen LogP contribution in [0.4, 0.5) is 10.5 Å². The number of amides is 2. The molecule has 1 saturated heterocycles. The average Bonchev–Trinajstić information content (AvgIpc) is 3.34. The topological polar surface area (TPSA) is 103 Å². The molecule has 2 amide bonds. The number of benzene rings is 2. The van der Waals surface area contributed by atoms with Crippen LogP contribution in [0.25, 0.3) is 17.4 Å². The number of halogens is 1. The van der Waals surface area contributed by atoms with E-state index >= 15 is 0 Å². The molecule has 0 unspecified atom stereocenters. The average molecular weight is 471 g/mol. The Labute approximate surface area is 191 Å². The van der Waals surface area contributed by atoms with E-state index in [2.05, 4.69) is 0 Å². The Kier molecular flexibility index (Phi) is 6.02. The molecule has 10 heteroatoms. The van der Waals surface area contributed by atoms with Crippen LogP contribution in [0.1, 0.15) is 11.3 Å². The van der Waals surface area contributed by atoms with E-state index in [1.54, 1.807) is 36.4 Å². The predicted octanol–water partition coefficient (Wildman–Crippen LogP) is 5.75. The summed E-state index contributed by atoms with van der Waals surface area (Å²) in [7, 11) is 1.41. The maximum Gasteiger partial charge on any atom is 0.293 e. The molecule has 2 aromatic carbocycles. The summed E-state index contributed by atoms with van der Waals surface area (Å²) in [5.41, 5.74) is 1.20. The first-order valence-electron chi connectivity index (χ1n) is 9.28. The monoisotopic (exact) mass is 470 g/mol. The van der Waals surface area contributed by atoms with Crippen molar-refractivity contribution < 1.29 is 23.7 Å². The van der Waals surface area contributed by atoms with Gasteiger partial charge in [-0.2, -0.15) is 0 Å². The third-order valence-corrected chi connectivity index (χ3v) is 5.85. The lowest BCUT2D eigenvalue weighted by molar-refractivity contribution is -0.384. The zero-order valence-corrected chi connectivity index (χ0v) is 18.2. The van der Waals surface area contributed by atoms with Crippen molar-refractivity contribution in [2.75, 3.05) is 7.11 Å². The van der Waals surface area contributed by atoms with Gasteiger partial charge < -0.3 is 9.15 Å². The molecule has 0 N–H and O–H groups in total. The zero-order valence-electron chi connectivity index (χ0n) is 16.6. The number of imide groups is 1. The molecule has 4 rings (SSSR count). The van der Waals surface area contributed by atoms with Crippen LogP contribution < -0.4 is 4.74 Å². The second-order valence-electron chi connectivity index (χ2n) is 6.74. The summed E-state index contributed by atoms with van der Waals surface area (Å²) < 4.78 is 11.0. The Balaban J connectivity index is 1.55. The summed E-state index contributed by atoms with van der Waals surface area (Å²) >= 11 is 6.71. The van der Waals surface area contributed by atoms with E-state index in [4.69, 9.17) is 20.8 Å². The van der Waals surface area contributed by atoms with Gasteiger partial charge in [0.1, 0.15) is 17.3 Å². The molecule has 32 heavy (non-hydrogen) atoms. The van der Waals surface area contributed by atoms with Crippen molar-refractivity contribution >= 4 is 46.3 Å². The van der Waals surface area contributed by atoms with E-state index in [1.165, 1.54) is 31.4 Å². The SMILES string of the molecule is COc1cc([N+](=O)[O-])ccc1-c1ccc(/C=C2\SC(=O)N(Cc3ccc(Cl)cc3)C2=O)o1. The van der Waals surface area contributed by atoms with E-state index < -0.39 is 10.8 Å². The number of thioether (sulfide) groups is 1. The molecule has 0 saturated carbocycles. The first-order valence-corrected chi connectivity index (χ1v) is 10.5. The molecule has 0 radical (unpaired) electrons. The number of carbonyl (C=O) groups is 2. The summed E-state index contributed by atoms with van der Waals surface area (Å²) in [5.74, 6) is 0.630. The van der Waals surface area contributed by atoms with Gasteiger partial charge in [0.2, 0.25) is 0 Å². The fourth-order valence-electron chi connectivity index (χ4n) is 3.11. The number of rotatable bonds is 6. The van der Waals surface area contributed by atoms with Crippen molar-refractivity contribution in [3.05, 3.63) is 86.0 Å². The smallest absolute Gasteiger partial charge is 0.293 e. The van der Waals surface area contributed by atoms with Gasteiger partial charge in [-0.1, -0.05) is 23.7 Å². The number of furan rings is 1. The number of hydrogen-bond acceptors (Lipinski definition) is 7. The van der Waals surface area contributed by atoms with Crippen LogP contribution in [0, 0.1) is 10.1 Å². The van der Waals surface area contributed by atoms with Crippen LogP contribution in [0.5, 0.6) is 5.75 Å². The largest absolute Gasteiger partial charge is 0.496 e. The van der Waals surface area contributed by atoms with Crippen molar-refractivity contribution in [3.8, 4) is 17.1 Å². The van der Waals surface area contributed by atoms with Gasteiger partial charge in [-0.05, 0) is 47.7 Å². The number of methoxy groups -OCH3 is 1. The summed E-state index contributed by atoms with van der Waals surface area (Å²) in [6.45, 7) is 0.141. The first kappa shape index (κ1) is 21.7. The minimum atomic E-state index is -0.514. The first-order chi connectivity index (χ1) is 15.4. The Hall–Kier alpha value is -3.56. The molecular formula is C22H15ClN2O6S. The summed E-state index contributed by atoms with van der Waals surface area (Å²) in [6, 6.07) is 14.4. The second kappa shape index (κ2) is 8.89.